The number of hydrogen-bond donors (Lipinski definition) is 1. The molecule has 0 aliphatic heterocycles. The maximum Gasteiger partial charge on any atom is 0.0664 e. The zero-order chi connectivity index (χ0) is 17.1. The molecule has 0 spiro atoms. The summed E-state index contributed by atoms with van der Waals surface area (Å²) in [6, 6.07) is 0. The van der Waals surface area contributed by atoms with Gasteiger partial charge in [-0.25, -0.2) is 0 Å². The van der Waals surface area contributed by atoms with Gasteiger partial charge in [-0.15, -0.1) is 0 Å². The lowest BCUT2D eigenvalue weighted by Gasteiger charge is -2.59. The molecule has 4 rings (SSSR count). The Kier molecular flexibility index (Phi) is 4.16. The molecule has 3 saturated carbocycles. The van der Waals surface area contributed by atoms with E-state index in [1.54, 1.807) is 5.57 Å². The average molecular weight is 333 g/mol. The Labute approximate surface area is 148 Å². The van der Waals surface area contributed by atoms with Gasteiger partial charge in [0.05, 0.1) is 12.2 Å². The van der Waals surface area contributed by atoms with Crippen LogP contribution >= 0.6 is 0 Å². The van der Waals surface area contributed by atoms with Crippen LogP contribution < -0.4 is 0 Å². The van der Waals surface area contributed by atoms with E-state index in [0.717, 1.165) is 17.8 Å². The van der Waals surface area contributed by atoms with Crippen LogP contribution in [0.2, 0.25) is 0 Å². The third-order valence-electron chi connectivity index (χ3n) is 9.06. The van der Waals surface area contributed by atoms with Crippen molar-refractivity contribution in [3.8, 4) is 0 Å². The Bertz CT molecular complexity index is 524. The van der Waals surface area contributed by atoms with E-state index >= 15 is 0 Å². The van der Waals surface area contributed by atoms with Crippen LogP contribution in [0.3, 0.4) is 0 Å². The smallest absolute Gasteiger partial charge is 0.0664 e. The number of ether oxygens (including phenoxy) is 1. The summed E-state index contributed by atoms with van der Waals surface area (Å²) in [6.07, 6.45) is 13.1. The number of fused-ring (bicyclic) bond motifs is 5. The second kappa shape index (κ2) is 5.84. The number of rotatable bonds is 2. The van der Waals surface area contributed by atoms with E-state index in [0.29, 0.717) is 17.4 Å². The fourth-order valence-corrected chi connectivity index (χ4v) is 7.89. The lowest BCUT2D eigenvalue weighted by molar-refractivity contribution is -0.108. The fourth-order valence-electron chi connectivity index (χ4n) is 7.89. The summed E-state index contributed by atoms with van der Waals surface area (Å²) in [6.45, 7) is 7.04. The highest BCUT2D eigenvalue weighted by molar-refractivity contribution is 5.26. The largest absolute Gasteiger partial charge is 0.393 e. The molecule has 8 atom stereocenters. The normalized spacial score (nSPS) is 52.0. The minimum atomic E-state index is -0.150. The SMILES string of the molecule is COC1CCCC2=CC[C@H]3[C@@H]4CC[C@H](C(C)O)[C@@]4(C)CC[C@@H]3[C@]21C. The van der Waals surface area contributed by atoms with Crippen molar-refractivity contribution >= 4 is 0 Å². The van der Waals surface area contributed by atoms with Crippen molar-refractivity contribution in [2.24, 2.45) is 34.5 Å². The first-order chi connectivity index (χ1) is 11.4. The molecule has 0 radical (unpaired) electrons. The zero-order valence-electron chi connectivity index (χ0n) is 16.1. The van der Waals surface area contributed by atoms with E-state index in [1.165, 1.54) is 51.4 Å². The highest BCUT2D eigenvalue weighted by atomic mass is 16.5. The van der Waals surface area contributed by atoms with Crippen LogP contribution in [0.1, 0.15) is 72.1 Å². The van der Waals surface area contributed by atoms with Gasteiger partial charge in [-0.3, -0.25) is 0 Å². The van der Waals surface area contributed by atoms with Gasteiger partial charge in [-0.1, -0.05) is 25.5 Å². The fraction of sp³-hybridized carbons (Fsp3) is 0.909. The van der Waals surface area contributed by atoms with Crippen LogP contribution in [0, 0.1) is 34.5 Å². The van der Waals surface area contributed by atoms with E-state index in [9.17, 15) is 5.11 Å². The molecule has 0 aromatic heterocycles. The molecule has 4 aliphatic carbocycles. The van der Waals surface area contributed by atoms with Crippen LogP contribution in [0.15, 0.2) is 11.6 Å². The molecule has 0 aromatic carbocycles. The molecule has 0 amide bonds. The number of hydrogen-bond acceptors (Lipinski definition) is 2. The molecule has 24 heavy (non-hydrogen) atoms. The van der Waals surface area contributed by atoms with Gasteiger partial charge in [0.15, 0.2) is 0 Å². The van der Waals surface area contributed by atoms with Gasteiger partial charge in [0.25, 0.3) is 0 Å². The summed E-state index contributed by atoms with van der Waals surface area (Å²) < 4.78 is 6.03. The van der Waals surface area contributed by atoms with Crippen molar-refractivity contribution in [3.63, 3.8) is 0 Å². The maximum absolute atomic E-state index is 10.3. The second-order valence-electron chi connectivity index (χ2n) is 9.71. The van der Waals surface area contributed by atoms with Crippen molar-refractivity contribution in [3.05, 3.63) is 11.6 Å². The lowest BCUT2D eigenvalue weighted by Crippen LogP contribution is -2.54. The first kappa shape index (κ1) is 17.1. The molecule has 0 aromatic rings. The summed E-state index contributed by atoms with van der Waals surface area (Å²) in [5, 5.41) is 10.3. The summed E-state index contributed by atoms with van der Waals surface area (Å²) in [4.78, 5) is 0. The Morgan fingerprint density at radius 3 is 2.67 bits per heavy atom. The maximum atomic E-state index is 10.3. The van der Waals surface area contributed by atoms with Crippen LogP contribution in [0.4, 0.5) is 0 Å². The molecule has 1 N–H and O–H groups in total. The first-order valence-corrected chi connectivity index (χ1v) is 10.3. The summed E-state index contributed by atoms with van der Waals surface area (Å²) in [5.41, 5.74) is 2.32. The summed E-state index contributed by atoms with van der Waals surface area (Å²) in [7, 11) is 1.93. The number of aliphatic hydroxyl groups is 1. The van der Waals surface area contributed by atoms with E-state index in [4.69, 9.17) is 4.74 Å². The Morgan fingerprint density at radius 2 is 1.96 bits per heavy atom. The Hall–Kier alpha value is -0.340. The van der Waals surface area contributed by atoms with E-state index in [1.807, 2.05) is 14.0 Å². The van der Waals surface area contributed by atoms with Crippen molar-refractivity contribution in [2.45, 2.75) is 84.3 Å². The topological polar surface area (TPSA) is 29.5 Å². The molecule has 2 heteroatoms. The molecule has 0 saturated heterocycles. The molecular formula is C22H36O2. The Morgan fingerprint density at radius 1 is 1.17 bits per heavy atom. The van der Waals surface area contributed by atoms with Crippen molar-refractivity contribution in [1.82, 2.24) is 0 Å². The highest BCUT2D eigenvalue weighted by Crippen LogP contribution is 2.66. The minimum Gasteiger partial charge on any atom is -0.393 e. The van der Waals surface area contributed by atoms with E-state index < -0.39 is 0 Å². The number of allylic oxidation sites excluding steroid dienone is 1. The summed E-state index contributed by atoms with van der Waals surface area (Å²) in [5.74, 6) is 2.89. The predicted octanol–water partition coefficient (Wildman–Crippen LogP) is 4.96. The van der Waals surface area contributed by atoms with Crippen molar-refractivity contribution in [2.75, 3.05) is 7.11 Å². The number of methoxy groups -OCH3 is 1. The third kappa shape index (κ3) is 2.14. The molecule has 3 fully saturated rings. The second-order valence-corrected chi connectivity index (χ2v) is 9.71. The molecule has 4 aliphatic rings. The van der Waals surface area contributed by atoms with E-state index in [2.05, 4.69) is 19.9 Å². The highest BCUT2D eigenvalue weighted by Gasteiger charge is 2.60. The minimum absolute atomic E-state index is 0.150. The monoisotopic (exact) mass is 332 g/mol. The van der Waals surface area contributed by atoms with Gasteiger partial charge in [-0.2, -0.15) is 0 Å². The van der Waals surface area contributed by atoms with E-state index in [-0.39, 0.29) is 11.5 Å². The average Bonchev–Trinajstić information content (AvgIpc) is 2.91. The quantitative estimate of drug-likeness (QED) is 0.724. The van der Waals surface area contributed by atoms with Gasteiger partial charge >= 0.3 is 0 Å². The first-order valence-electron chi connectivity index (χ1n) is 10.3. The van der Waals surface area contributed by atoms with Crippen molar-refractivity contribution in [1.29, 1.82) is 0 Å². The molecule has 0 heterocycles. The van der Waals surface area contributed by atoms with Gasteiger partial charge in [0.2, 0.25) is 0 Å². The zero-order valence-corrected chi connectivity index (χ0v) is 16.1. The molecule has 0 bridgehead atoms. The van der Waals surface area contributed by atoms with Crippen LogP contribution in [0.5, 0.6) is 0 Å². The number of aliphatic hydroxyl groups excluding tert-OH is 1. The van der Waals surface area contributed by atoms with Crippen LogP contribution in [-0.2, 0) is 4.74 Å². The van der Waals surface area contributed by atoms with Gasteiger partial charge in [0, 0.05) is 12.5 Å². The van der Waals surface area contributed by atoms with Gasteiger partial charge in [0.1, 0.15) is 0 Å². The molecule has 2 unspecified atom stereocenters. The predicted molar refractivity (Wildman–Crippen MR) is 97.7 cm³/mol. The Balaban J connectivity index is 1.69. The van der Waals surface area contributed by atoms with Crippen LogP contribution in [0.25, 0.3) is 0 Å². The molecule has 136 valence electrons. The lowest BCUT2D eigenvalue weighted by atomic mass is 9.46. The van der Waals surface area contributed by atoms with Gasteiger partial charge in [-0.05, 0) is 87.4 Å². The molecule has 2 nitrogen and oxygen atoms in total. The van der Waals surface area contributed by atoms with Gasteiger partial charge < -0.3 is 9.84 Å². The van der Waals surface area contributed by atoms with Crippen LogP contribution in [-0.4, -0.2) is 24.4 Å². The van der Waals surface area contributed by atoms with Crippen molar-refractivity contribution < 1.29 is 9.84 Å². The standard InChI is InChI=1S/C22H36O2/c1-14(23)17-10-11-18-16-9-8-15-6-5-7-20(24-4)22(15,3)19(16)12-13-21(17,18)2/h8,14,16-20,23H,5-7,9-13H2,1-4H3/t14?,16-,17+,18-,19-,20?,21+,22-/m0/s1. The third-order valence-corrected chi connectivity index (χ3v) is 9.06. The summed E-state index contributed by atoms with van der Waals surface area (Å²) >= 11 is 0. The molecular weight excluding hydrogens is 296 g/mol.